The molecule has 0 spiro atoms. The molecule has 6 nitrogen and oxygen atoms in total. The maximum absolute atomic E-state index is 12.0. The second-order valence-corrected chi connectivity index (χ2v) is 4.98. The van der Waals surface area contributed by atoms with E-state index in [9.17, 15) is 9.90 Å². The third-order valence-electron chi connectivity index (χ3n) is 3.48. The Kier molecular flexibility index (Phi) is 4.20. The molecule has 0 unspecified atom stereocenters. The van der Waals surface area contributed by atoms with Gasteiger partial charge in [0.15, 0.2) is 11.5 Å². The molecule has 1 N–H and O–H groups in total. The van der Waals surface area contributed by atoms with E-state index in [2.05, 4.69) is 4.99 Å². The molecule has 6 heteroatoms. The lowest BCUT2D eigenvalue weighted by Crippen LogP contribution is -1.99. The number of phenols is 1. The second kappa shape index (κ2) is 6.45. The minimum Gasteiger partial charge on any atom is -0.508 e. The van der Waals surface area contributed by atoms with Crippen molar-refractivity contribution in [2.24, 2.45) is 4.99 Å². The predicted octanol–water partition coefficient (Wildman–Crippen LogP) is 3.27. The number of aliphatic imine (C=N–C) groups is 1. The molecule has 0 aliphatic rings. The lowest BCUT2D eigenvalue weighted by molar-refractivity contribution is 0.354. The van der Waals surface area contributed by atoms with Gasteiger partial charge in [0, 0.05) is 23.2 Å². The van der Waals surface area contributed by atoms with Crippen LogP contribution in [-0.4, -0.2) is 25.5 Å². The van der Waals surface area contributed by atoms with Crippen molar-refractivity contribution in [2.45, 2.75) is 0 Å². The standard InChI is InChI=1S/C18H15NO5/c1-22-15-5-3-4-12(17(15)23-2)10-19-14-8-11-6-7-13(20)9-16(11)24-18(14)21/h3-10,20H,1-2H3. The maximum atomic E-state index is 12.0. The molecule has 0 aliphatic carbocycles. The van der Waals surface area contributed by atoms with Crippen LogP contribution in [0.5, 0.6) is 17.2 Å². The maximum Gasteiger partial charge on any atom is 0.362 e. The third-order valence-corrected chi connectivity index (χ3v) is 3.48. The van der Waals surface area contributed by atoms with Crippen LogP contribution < -0.4 is 15.1 Å². The molecule has 3 rings (SSSR count). The SMILES string of the molecule is COc1cccc(C=Nc2cc3ccc(O)cc3oc2=O)c1OC. The Labute approximate surface area is 137 Å². The molecule has 2 aromatic carbocycles. The fourth-order valence-corrected chi connectivity index (χ4v) is 2.33. The summed E-state index contributed by atoms with van der Waals surface area (Å²) >= 11 is 0. The number of methoxy groups -OCH3 is 2. The number of phenolic OH excluding ortho intramolecular Hbond substituents is 1. The van der Waals surface area contributed by atoms with E-state index in [1.54, 1.807) is 37.4 Å². The lowest BCUT2D eigenvalue weighted by atomic mass is 10.2. The van der Waals surface area contributed by atoms with E-state index in [1.807, 2.05) is 0 Å². The van der Waals surface area contributed by atoms with Gasteiger partial charge < -0.3 is 19.0 Å². The van der Waals surface area contributed by atoms with Gasteiger partial charge in [-0.1, -0.05) is 6.07 Å². The summed E-state index contributed by atoms with van der Waals surface area (Å²) in [7, 11) is 3.08. The van der Waals surface area contributed by atoms with Gasteiger partial charge in [0.05, 0.1) is 14.2 Å². The third kappa shape index (κ3) is 2.94. The van der Waals surface area contributed by atoms with Crippen molar-refractivity contribution in [1.29, 1.82) is 0 Å². The van der Waals surface area contributed by atoms with Crippen LogP contribution in [-0.2, 0) is 0 Å². The van der Waals surface area contributed by atoms with E-state index in [0.29, 0.717) is 28.0 Å². The zero-order chi connectivity index (χ0) is 17.1. The summed E-state index contributed by atoms with van der Waals surface area (Å²) in [6, 6.07) is 11.5. The topological polar surface area (TPSA) is 81.3 Å². The number of rotatable bonds is 4. The van der Waals surface area contributed by atoms with Gasteiger partial charge >= 0.3 is 5.63 Å². The summed E-state index contributed by atoms with van der Waals surface area (Å²) in [5, 5.41) is 10.1. The number of nitrogens with zero attached hydrogens (tertiary/aromatic N) is 1. The smallest absolute Gasteiger partial charge is 0.362 e. The van der Waals surface area contributed by atoms with Crippen molar-refractivity contribution < 1.29 is 19.0 Å². The Hall–Kier alpha value is -3.28. The molecule has 0 atom stereocenters. The van der Waals surface area contributed by atoms with Crippen LogP contribution >= 0.6 is 0 Å². The summed E-state index contributed by atoms with van der Waals surface area (Å²) in [4.78, 5) is 16.2. The molecule has 122 valence electrons. The average molecular weight is 325 g/mol. The molecule has 0 amide bonds. The Balaban J connectivity index is 2.04. The summed E-state index contributed by atoms with van der Waals surface area (Å²) in [6.45, 7) is 0. The van der Waals surface area contributed by atoms with Crippen molar-refractivity contribution in [1.82, 2.24) is 0 Å². The fraction of sp³-hybridized carbons (Fsp3) is 0.111. The van der Waals surface area contributed by atoms with Crippen LogP contribution in [0.25, 0.3) is 11.0 Å². The second-order valence-electron chi connectivity index (χ2n) is 4.98. The van der Waals surface area contributed by atoms with E-state index in [4.69, 9.17) is 13.9 Å². The largest absolute Gasteiger partial charge is 0.508 e. The van der Waals surface area contributed by atoms with Crippen LogP contribution in [0.4, 0.5) is 5.69 Å². The zero-order valence-electron chi connectivity index (χ0n) is 13.1. The molecule has 0 fully saturated rings. The fourth-order valence-electron chi connectivity index (χ4n) is 2.33. The first kappa shape index (κ1) is 15.6. The van der Waals surface area contributed by atoms with Gasteiger partial charge in [0.2, 0.25) is 0 Å². The number of benzene rings is 2. The van der Waals surface area contributed by atoms with E-state index in [0.717, 1.165) is 0 Å². The highest BCUT2D eigenvalue weighted by Gasteiger charge is 2.09. The summed E-state index contributed by atoms with van der Waals surface area (Å²) in [5.41, 5.74) is 0.532. The molecule has 1 heterocycles. The van der Waals surface area contributed by atoms with Gasteiger partial charge in [-0.15, -0.1) is 0 Å². The summed E-state index contributed by atoms with van der Waals surface area (Å²) in [5.74, 6) is 1.13. The minimum atomic E-state index is -0.591. The van der Waals surface area contributed by atoms with Gasteiger partial charge in [-0.2, -0.15) is 0 Å². The highest BCUT2D eigenvalue weighted by atomic mass is 16.5. The monoisotopic (exact) mass is 325 g/mol. The molecular weight excluding hydrogens is 310 g/mol. The molecule has 0 aliphatic heterocycles. The summed E-state index contributed by atoms with van der Waals surface area (Å²) < 4.78 is 15.7. The molecule has 24 heavy (non-hydrogen) atoms. The lowest BCUT2D eigenvalue weighted by Gasteiger charge is -2.09. The first-order valence-electron chi connectivity index (χ1n) is 7.14. The van der Waals surface area contributed by atoms with E-state index < -0.39 is 5.63 Å². The number of ether oxygens (including phenoxy) is 2. The van der Waals surface area contributed by atoms with Crippen LogP contribution in [0.2, 0.25) is 0 Å². The van der Waals surface area contributed by atoms with Crippen LogP contribution in [0, 0.1) is 0 Å². The minimum absolute atomic E-state index is 0.0306. The molecule has 1 aromatic heterocycles. The Bertz CT molecular complexity index is 975. The average Bonchev–Trinajstić information content (AvgIpc) is 2.59. The van der Waals surface area contributed by atoms with Crippen molar-refractivity contribution in [3.63, 3.8) is 0 Å². The van der Waals surface area contributed by atoms with E-state index in [1.165, 1.54) is 25.5 Å². The Morgan fingerprint density at radius 3 is 2.71 bits per heavy atom. The van der Waals surface area contributed by atoms with Crippen LogP contribution in [0.1, 0.15) is 5.56 Å². The molecule has 0 saturated heterocycles. The summed E-state index contributed by atoms with van der Waals surface area (Å²) in [6.07, 6.45) is 1.51. The molecular formula is C18H15NO5. The van der Waals surface area contributed by atoms with Gasteiger partial charge in [-0.25, -0.2) is 9.79 Å². The highest BCUT2D eigenvalue weighted by molar-refractivity contribution is 5.88. The predicted molar refractivity (Wildman–Crippen MR) is 90.9 cm³/mol. The Morgan fingerprint density at radius 2 is 1.96 bits per heavy atom. The van der Waals surface area contributed by atoms with Crippen molar-refractivity contribution in [2.75, 3.05) is 14.2 Å². The van der Waals surface area contributed by atoms with Crippen molar-refractivity contribution >= 4 is 22.9 Å². The van der Waals surface area contributed by atoms with Gasteiger partial charge in [0.25, 0.3) is 0 Å². The number of hydrogen-bond donors (Lipinski definition) is 1. The van der Waals surface area contributed by atoms with E-state index in [-0.39, 0.29) is 11.4 Å². The number of fused-ring (bicyclic) bond motifs is 1. The first-order chi connectivity index (χ1) is 11.6. The van der Waals surface area contributed by atoms with Crippen molar-refractivity contribution in [3.8, 4) is 17.2 Å². The van der Waals surface area contributed by atoms with Crippen molar-refractivity contribution in [3.05, 3.63) is 58.4 Å². The highest BCUT2D eigenvalue weighted by Crippen LogP contribution is 2.30. The van der Waals surface area contributed by atoms with E-state index >= 15 is 0 Å². The quantitative estimate of drug-likeness (QED) is 0.588. The molecule has 3 aromatic rings. The van der Waals surface area contributed by atoms with Gasteiger partial charge in [0.1, 0.15) is 17.0 Å². The zero-order valence-corrected chi connectivity index (χ0v) is 13.1. The van der Waals surface area contributed by atoms with Gasteiger partial charge in [-0.05, 0) is 30.3 Å². The molecule has 0 bridgehead atoms. The normalized spacial score (nSPS) is 11.1. The molecule has 0 radical (unpaired) electrons. The molecule has 0 saturated carbocycles. The number of hydrogen-bond acceptors (Lipinski definition) is 6. The first-order valence-corrected chi connectivity index (χ1v) is 7.14. The number of para-hydroxylation sites is 1. The Morgan fingerprint density at radius 1 is 1.12 bits per heavy atom. The van der Waals surface area contributed by atoms with Crippen LogP contribution in [0.3, 0.4) is 0 Å². The van der Waals surface area contributed by atoms with Crippen LogP contribution in [0.15, 0.2) is 56.7 Å². The number of aromatic hydroxyl groups is 1. The van der Waals surface area contributed by atoms with Gasteiger partial charge in [-0.3, -0.25) is 0 Å².